The van der Waals surface area contributed by atoms with Crippen molar-refractivity contribution in [3.8, 4) is 0 Å². The highest BCUT2D eigenvalue weighted by Gasteiger charge is 2.34. The lowest BCUT2D eigenvalue weighted by Crippen LogP contribution is -2.37. The average Bonchev–Trinajstić information content (AvgIpc) is 2.64. The SMILES string of the molecule is CCCCCC(CC)(CC)OOC(=O)OC(CC)(CC)CCCCC. The van der Waals surface area contributed by atoms with Crippen LogP contribution in [0.1, 0.15) is 119 Å². The van der Waals surface area contributed by atoms with Gasteiger partial charge >= 0.3 is 6.16 Å². The van der Waals surface area contributed by atoms with E-state index < -0.39 is 17.4 Å². The van der Waals surface area contributed by atoms with Gasteiger partial charge in [-0.2, -0.15) is 4.89 Å². The summed E-state index contributed by atoms with van der Waals surface area (Å²) in [6.45, 7) is 12.7. The second-order valence-electron chi connectivity index (χ2n) is 7.21. The number of hydrogen-bond donors (Lipinski definition) is 0. The van der Waals surface area contributed by atoms with E-state index in [1.807, 2.05) is 0 Å². The van der Waals surface area contributed by atoms with E-state index in [1.165, 1.54) is 12.8 Å². The molecular weight excluding hydrogens is 316 g/mol. The second-order valence-corrected chi connectivity index (χ2v) is 7.21. The van der Waals surface area contributed by atoms with E-state index in [2.05, 4.69) is 41.5 Å². The number of carbonyl (C=O) groups is 1. The molecule has 0 radical (unpaired) electrons. The Balaban J connectivity index is 4.65. The average molecular weight is 359 g/mol. The molecule has 0 heterocycles. The number of rotatable bonds is 15. The van der Waals surface area contributed by atoms with E-state index in [1.54, 1.807) is 0 Å². The van der Waals surface area contributed by atoms with E-state index in [0.717, 1.165) is 64.2 Å². The largest absolute Gasteiger partial charge is 0.541 e. The lowest BCUT2D eigenvalue weighted by Gasteiger charge is -2.33. The summed E-state index contributed by atoms with van der Waals surface area (Å²) >= 11 is 0. The summed E-state index contributed by atoms with van der Waals surface area (Å²) in [5, 5.41) is 0. The zero-order valence-corrected chi connectivity index (χ0v) is 17.6. The fraction of sp³-hybridized carbons (Fsp3) is 0.952. The van der Waals surface area contributed by atoms with Crippen molar-refractivity contribution >= 4 is 6.16 Å². The molecule has 0 aromatic rings. The summed E-state index contributed by atoms with van der Waals surface area (Å²) in [7, 11) is 0. The summed E-state index contributed by atoms with van der Waals surface area (Å²) in [4.78, 5) is 23.0. The van der Waals surface area contributed by atoms with E-state index in [0.29, 0.717) is 0 Å². The molecule has 4 nitrogen and oxygen atoms in total. The van der Waals surface area contributed by atoms with Crippen molar-refractivity contribution in [3.63, 3.8) is 0 Å². The van der Waals surface area contributed by atoms with Crippen molar-refractivity contribution in [1.29, 1.82) is 0 Å². The molecule has 0 saturated carbocycles. The molecule has 0 aromatic carbocycles. The quantitative estimate of drug-likeness (QED) is 0.133. The first kappa shape index (κ1) is 24.2. The predicted octanol–water partition coefficient (Wildman–Crippen LogP) is 7.35. The van der Waals surface area contributed by atoms with Gasteiger partial charge in [0.1, 0.15) is 11.2 Å². The minimum Gasteiger partial charge on any atom is -0.426 e. The van der Waals surface area contributed by atoms with Crippen LogP contribution in [0.2, 0.25) is 0 Å². The van der Waals surface area contributed by atoms with E-state index in [9.17, 15) is 4.79 Å². The summed E-state index contributed by atoms with van der Waals surface area (Å²) in [5.74, 6) is 0. The first-order chi connectivity index (χ1) is 12.0. The summed E-state index contributed by atoms with van der Waals surface area (Å²) in [5.41, 5.74) is -0.823. The Morgan fingerprint density at radius 1 is 0.680 bits per heavy atom. The topological polar surface area (TPSA) is 44.8 Å². The highest BCUT2D eigenvalue weighted by atomic mass is 17.2. The highest BCUT2D eigenvalue weighted by Crippen LogP contribution is 2.30. The molecule has 0 aliphatic rings. The third-order valence-electron chi connectivity index (χ3n) is 5.64. The van der Waals surface area contributed by atoms with Gasteiger partial charge in [0.2, 0.25) is 0 Å². The molecule has 0 fully saturated rings. The van der Waals surface area contributed by atoms with Crippen LogP contribution in [0, 0.1) is 0 Å². The molecular formula is C21H42O4. The van der Waals surface area contributed by atoms with Gasteiger partial charge in [-0.15, -0.1) is 0 Å². The molecule has 0 spiro atoms. The Bertz CT molecular complexity index is 333. The fourth-order valence-electron chi connectivity index (χ4n) is 3.27. The minimum absolute atomic E-state index is 0.391. The van der Waals surface area contributed by atoms with Gasteiger partial charge in [0.05, 0.1) is 0 Å². The van der Waals surface area contributed by atoms with Gasteiger partial charge in [-0.25, -0.2) is 4.79 Å². The van der Waals surface area contributed by atoms with E-state index in [4.69, 9.17) is 14.5 Å². The Labute approximate surface area is 155 Å². The third-order valence-corrected chi connectivity index (χ3v) is 5.64. The Morgan fingerprint density at radius 3 is 1.52 bits per heavy atom. The van der Waals surface area contributed by atoms with E-state index in [-0.39, 0.29) is 0 Å². The van der Waals surface area contributed by atoms with Gasteiger partial charge < -0.3 is 4.74 Å². The molecule has 0 unspecified atom stereocenters. The highest BCUT2D eigenvalue weighted by molar-refractivity contribution is 5.59. The molecule has 0 saturated heterocycles. The van der Waals surface area contributed by atoms with Crippen molar-refractivity contribution in [2.24, 2.45) is 0 Å². The number of carbonyl (C=O) groups excluding carboxylic acids is 1. The molecule has 150 valence electrons. The standard InChI is InChI=1S/C21H42O4/c1-7-13-15-17-20(9-3,10-4)23-19(22)24-25-21(11-5,12-6)18-16-14-8-2/h7-18H2,1-6H3. The predicted molar refractivity (Wildman–Crippen MR) is 104 cm³/mol. The molecule has 0 aromatic heterocycles. The number of unbranched alkanes of at least 4 members (excludes halogenated alkanes) is 4. The van der Waals surface area contributed by atoms with Gasteiger partial charge in [-0.1, -0.05) is 73.6 Å². The normalized spacial score (nSPS) is 12.2. The van der Waals surface area contributed by atoms with Crippen molar-refractivity contribution in [3.05, 3.63) is 0 Å². The molecule has 0 N–H and O–H groups in total. The summed E-state index contributed by atoms with van der Waals surface area (Å²) < 4.78 is 5.71. The van der Waals surface area contributed by atoms with Crippen LogP contribution in [0.15, 0.2) is 0 Å². The van der Waals surface area contributed by atoms with Crippen molar-refractivity contribution in [2.75, 3.05) is 0 Å². The van der Waals surface area contributed by atoms with Crippen LogP contribution in [0.5, 0.6) is 0 Å². The molecule has 4 heteroatoms. The van der Waals surface area contributed by atoms with Gasteiger partial charge in [0.15, 0.2) is 0 Å². The smallest absolute Gasteiger partial charge is 0.426 e. The second kappa shape index (κ2) is 13.4. The maximum Gasteiger partial charge on any atom is 0.541 e. The van der Waals surface area contributed by atoms with Crippen molar-refractivity contribution < 1.29 is 19.3 Å². The van der Waals surface area contributed by atoms with Crippen LogP contribution < -0.4 is 0 Å². The molecule has 0 bridgehead atoms. The van der Waals surface area contributed by atoms with Crippen LogP contribution in [-0.4, -0.2) is 17.4 Å². The maximum atomic E-state index is 12.2. The first-order valence-corrected chi connectivity index (χ1v) is 10.6. The van der Waals surface area contributed by atoms with Gasteiger partial charge in [0, 0.05) is 0 Å². The number of ether oxygens (including phenoxy) is 1. The van der Waals surface area contributed by atoms with E-state index >= 15 is 0 Å². The molecule has 0 amide bonds. The summed E-state index contributed by atoms with van der Waals surface area (Å²) in [6.07, 6.45) is 11.1. The third kappa shape index (κ3) is 8.94. The Hall–Kier alpha value is -0.770. The van der Waals surface area contributed by atoms with Crippen LogP contribution in [0.25, 0.3) is 0 Å². The molecule has 25 heavy (non-hydrogen) atoms. The van der Waals surface area contributed by atoms with Crippen LogP contribution in [0.3, 0.4) is 0 Å². The van der Waals surface area contributed by atoms with Crippen molar-refractivity contribution in [1.82, 2.24) is 0 Å². The molecule has 0 aliphatic heterocycles. The molecule has 0 rings (SSSR count). The Kier molecular flexibility index (Phi) is 13.0. The molecule has 0 atom stereocenters. The summed E-state index contributed by atoms with van der Waals surface area (Å²) in [6, 6.07) is 0. The Morgan fingerprint density at radius 2 is 1.12 bits per heavy atom. The van der Waals surface area contributed by atoms with Crippen molar-refractivity contribution in [2.45, 2.75) is 130 Å². The first-order valence-electron chi connectivity index (χ1n) is 10.6. The van der Waals surface area contributed by atoms with Crippen LogP contribution in [-0.2, 0) is 14.5 Å². The maximum absolute atomic E-state index is 12.2. The monoisotopic (exact) mass is 358 g/mol. The van der Waals surface area contributed by atoms with Gasteiger partial charge in [-0.3, -0.25) is 4.89 Å². The lowest BCUT2D eigenvalue weighted by molar-refractivity contribution is -0.335. The van der Waals surface area contributed by atoms with Crippen LogP contribution in [0.4, 0.5) is 4.79 Å². The zero-order chi connectivity index (χ0) is 19.2. The fourth-order valence-corrected chi connectivity index (χ4v) is 3.27. The number of hydrogen-bond acceptors (Lipinski definition) is 4. The zero-order valence-electron chi connectivity index (χ0n) is 17.6. The minimum atomic E-state index is -0.693. The van der Waals surface area contributed by atoms with Crippen LogP contribution >= 0.6 is 0 Å². The van der Waals surface area contributed by atoms with Gasteiger partial charge in [0.25, 0.3) is 0 Å². The van der Waals surface area contributed by atoms with Gasteiger partial charge in [-0.05, 0) is 44.9 Å². The lowest BCUT2D eigenvalue weighted by atomic mass is 9.90. The molecule has 0 aliphatic carbocycles.